The normalized spacial score (nSPS) is 11.6. The SMILES string of the molecule is CN(CC=CC#CC(C)(C)C)Cc1cccc(CCc2ccccc2)c1. The number of likely N-dealkylation sites (N-methyl/N-ethyl adjacent to an activating group) is 1. The summed E-state index contributed by atoms with van der Waals surface area (Å²) < 4.78 is 0. The van der Waals surface area contributed by atoms with Crippen molar-refractivity contribution in [3.63, 3.8) is 0 Å². The maximum absolute atomic E-state index is 3.22. The molecule has 0 saturated carbocycles. The molecule has 0 N–H and O–H groups in total. The third-order valence-corrected chi connectivity index (χ3v) is 4.05. The molecular weight excluding hydrogens is 314 g/mol. The quantitative estimate of drug-likeness (QED) is 0.598. The molecule has 0 aromatic heterocycles. The van der Waals surface area contributed by atoms with E-state index in [9.17, 15) is 0 Å². The summed E-state index contributed by atoms with van der Waals surface area (Å²) in [4.78, 5) is 2.31. The van der Waals surface area contributed by atoms with E-state index in [4.69, 9.17) is 0 Å². The molecule has 0 radical (unpaired) electrons. The minimum absolute atomic E-state index is 0.0659. The Labute approximate surface area is 159 Å². The van der Waals surface area contributed by atoms with Gasteiger partial charge < -0.3 is 0 Å². The van der Waals surface area contributed by atoms with E-state index in [2.05, 4.69) is 105 Å². The fourth-order valence-electron chi connectivity index (χ4n) is 2.74. The van der Waals surface area contributed by atoms with Crippen molar-refractivity contribution >= 4 is 0 Å². The van der Waals surface area contributed by atoms with Crippen LogP contribution >= 0.6 is 0 Å². The van der Waals surface area contributed by atoms with Crippen LogP contribution in [0.25, 0.3) is 0 Å². The number of nitrogens with zero attached hydrogens (tertiary/aromatic N) is 1. The van der Waals surface area contributed by atoms with Crippen LogP contribution in [0.1, 0.15) is 37.5 Å². The van der Waals surface area contributed by atoms with Gasteiger partial charge in [0.15, 0.2) is 0 Å². The molecule has 2 aromatic carbocycles. The van der Waals surface area contributed by atoms with E-state index in [-0.39, 0.29) is 5.41 Å². The molecule has 0 amide bonds. The maximum atomic E-state index is 3.22. The highest BCUT2D eigenvalue weighted by atomic mass is 15.1. The van der Waals surface area contributed by atoms with Gasteiger partial charge in [-0.15, -0.1) is 0 Å². The lowest BCUT2D eigenvalue weighted by Gasteiger charge is -2.15. The monoisotopic (exact) mass is 345 g/mol. The fourth-order valence-corrected chi connectivity index (χ4v) is 2.74. The maximum Gasteiger partial charge on any atom is 0.0234 e. The Bertz CT molecular complexity index is 754. The average molecular weight is 346 g/mol. The second-order valence-electron chi connectivity index (χ2n) is 7.92. The number of hydrogen-bond donors (Lipinski definition) is 0. The zero-order chi connectivity index (χ0) is 18.8. The van der Waals surface area contributed by atoms with Crippen molar-refractivity contribution < 1.29 is 0 Å². The molecule has 2 rings (SSSR count). The standard InChI is InChI=1S/C25H31N/c1-25(2,3)18-9-6-10-19-26(4)21-24-15-11-14-23(20-24)17-16-22-12-7-5-8-13-22/h5-8,10-15,20H,16-17,19,21H2,1-4H3. The molecule has 0 saturated heterocycles. The van der Waals surface area contributed by atoms with Gasteiger partial charge in [0.25, 0.3) is 0 Å². The van der Waals surface area contributed by atoms with Crippen molar-refractivity contribution in [2.24, 2.45) is 5.41 Å². The van der Waals surface area contributed by atoms with E-state index in [1.807, 2.05) is 6.08 Å². The molecule has 0 atom stereocenters. The lowest BCUT2D eigenvalue weighted by Crippen LogP contribution is -2.17. The molecule has 26 heavy (non-hydrogen) atoms. The van der Waals surface area contributed by atoms with Crippen molar-refractivity contribution in [2.75, 3.05) is 13.6 Å². The molecule has 0 aliphatic heterocycles. The first kappa shape index (κ1) is 20.0. The summed E-state index contributed by atoms with van der Waals surface area (Å²) in [6, 6.07) is 19.7. The summed E-state index contributed by atoms with van der Waals surface area (Å²) in [5.74, 6) is 6.35. The fraction of sp³-hybridized carbons (Fsp3) is 0.360. The Kier molecular flexibility index (Phi) is 7.70. The third kappa shape index (κ3) is 8.19. The molecule has 0 aliphatic rings. The van der Waals surface area contributed by atoms with Gasteiger partial charge in [-0.2, -0.15) is 0 Å². The first-order chi connectivity index (χ1) is 12.4. The first-order valence-corrected chi connectivity index (χ1v) is 9.40. The number of aryl methyl sites for hydroxylation is 2. The number of rotatable bonds is 7. The Balaban J connectivity index is 1.83. The molecule has 1 heteroatoms. The van der Waals surface area contributed by atoms with E-state index < -0.39 is 0 Å². The van der Waals surface area contributed by atoms with Gasteiger partial charge in [-0.3, -0.25) is 4.90 Å². The predicted octanol–water partition coefficient (Wildman–Crippen LogP) is 5.51. The summed E-state index contributed by atoms with van der Waals surface area (Å²) in [6.45, 7) is 8.25. The van der Waals surface area contributed by atoms with E-state index in [1.54, 1.807) is 0 Å². The van der Waals surface area contributed by atoms with E-state index in [1.165, 1.54) is 16.7 Å². The van der Waals surface area contributed by atoms with Gasteiger partial charge in [-0.25, -0.2) is 0 Å². The second kappa shape index (κ2) is 10.00. The molecular formula is C25H31N. The van der Waals surface area contributed by atoms with Crippen LogP contribution in [-0.2, 0) is 19.4 Å². The Morgan fingerprint density at radius 1 is 0.885 bits per heavy atom. The molecule has 1 nitrogen and oxygen atoms in total. The summed E-state index contributed by atoms with van der Waals surface area (Å²) in [5, 5.41) is 0. The van der Waals surface area contributed by atoms with Crippen molar-refractivity contribution in [1.29, 1.82) is 0 Å². The molecule has 136 valence electrons. The Morgan fingerprint density at radius 2 is 1.54 bits per heavy atom. The van der Waals surface area contributed by atoms with Gasteiger partial charge in [0.05, 0.1) is 0 Å². The number of hydrogen-bond acceptors (Lipinski definition) is 1. The highest BCUT2D eigenvalue weighted by molar-refractivity contribution is 5.25. The van der Waals surface area contributed by atoms with Gasteiger partial charge in [0, 0.05) is 18.5 Å². The zero-order valence-electron chi connectivity index (χ0n) is 16.6. The van der Waals surface area contributed by atoms with Gasteiger partial charge in [0.2, 0.25) is 0 Å². The second-order valence-corrected chi connectivity index (χ2v) is 7.92. The van der Waals surface area contributed by atoms with E-state index in [0.29, 0.717) is 0 Å². The van der Waals surface area contributed by atoms with E-state index in [0.717, 1.165) is 25.9 Å². The van der Waals surface area contributed by atoms with Gasteiger partial charge in [0.1, 0.15) is 0 Å². The van der Waals surface area contributed by atoms with Gasteiger partial charge in [-0.05, 0) is 63.4 Å². The summed E-state index contributed by atoms with van der Waals surface area (Å²) in [6.07, 6.45) is 6.29. The smallest absolute Gasteiger partial charge is 0.0234 e. The first-order valence-electron chi connectivity index (χ1n) is 9.40. The minimum atomic E-state index is 0.0659. The van der Waals surface area contributed by atoms with Crippen LogP contribution in [0.4, 0.5) is 0 Å². The zero-order valence-corrected chi connectivity index (χ0v) is 16.6. The van der Waals surface area contributed by atoms with Gasteiger partial charge in [-0.1, -0.05) is 72.5 Å². The van der Waals surface area contributed by atoms with Crippen LogP contribution in [0.3, 0.4) is 0 Å². The number of allylic oxidation sites excluding steroid dienone is 1. The lowest BCUT2D eigenvalue weighted by atomic mass is 9.98. The Hall–Kier alpha value is -2.30. The number of benzene rings is 2. The van der Waals surface area contributed by atoms with Crippen molar-refractivity contribution in [2.45, 2.75) is 40.2 Å². The molecule has 0 spiro atoms. The van der Waals surface area contributed by atoms with Crippen LogP contribution in [0.15, 0.2) is 66.7 Å². The van der Waals surface area contributed by atoms with Crippen molar-refractivity contribution in [1.82, 2.24) is 4.90 Å². The van der Waals surface area contributed by atoms with Crippen LogP contribution < -0.4 is 0 Å². The molecule has 0 bridgehead atoms. The summed E-state index contributed by atoms with van der Waals surface area (Å²) >= 11 is 0. The predicted molar refractivity (Wildman–Crippen MR) is 113 cm³/mol. The van der Waals surface area contributed by atoms with Gasteiger partial charge >= 0.3 is 0 Å². The summed E-state index contributed by atoms with van der Waals surface area (Å²) in [7, 11) is 2.15. The molecule has 2 aromatic rings. The minimum Gasteiger partial charge on any atom is -0.298 e. The van der Waals surface area contributed by atoms with Crippen LogP contribution in [-0.4, -0.2) is 18.5 Å². The third-order valence-electron chi connectivity index (χ3n) is 4.05. The molecule has 0 unspecified atom stereocenters. The highest BCUT2D eigenvalue weighted by Gasteiger charge is 2.03. The van der Waals surface area contributed by atoms with Crippen LogP contribution in [0, 0.1) is 17.3 Å². The Morgan fingerprint density at radius 3 is 2.27 bits per heavy atom. The topological polar surface area (TPSA) is 3.24 Å². The van der Waals surface area contributed by atoms with Crippen LogP contribution in [0.5, 0.6) is 0 Å². The van der Waals surface area contributed by atoms with Crippen LogP contribution in [0.2, 0.25) is 0 Å². The lowest BCUT2D eigenvalue weighted by molar-refractivity contribution is 0.363. The summed E-state index contributed by atoms with van der Waals surface area (Å²) in [5.41, 5.74) is 4.24. The van der Waals surface area contributed by atoms with Crippen molar-refractivity contribution in [3.8, 4) is 11.8 Å². The average Bonchev–Trinajstić information content (AvgIpc) is 2.60. The largest absolute Gasteiger partial charge is 0.298 e. The molecule has 0 fully saturated rings. The molecule has 0 heterocycles. The van der Waals surface area contributed by atoms with E-state index >= 15 is 0 Å². The molecule has 0 aliphatic carbocycles. The van der Waals surface area contributed by atoms with Crippen molar-refractivity contribution in [3.05, 3.63) is 83.4 Å². The highest BCUT2D eigenvalue weighted by Crippen LogP contribution is 2.12.